The van der Waals surface area contributed by atoms with Gasteiger partial charge in [-0.15, -0.1) is 0 Å². The van der Waals surface area contributed by atoms with Gasteiger partial charge in [-0.3, -0.25) is 10.3 Å². The zero-order valence-corrected chi connectivity index (χ0v) is 22.6. The summed E-state index contributed by atoms with van der Waals surface area (Å²) >= 11 is 0. The third kappa shape index (κ3) is 4.36. The van der Waals surface area contributed by atoms with Crippen LogP contribution in [-0.4, -0.2) is 17.6 Å². The van der Waals surface area contributed by atoms with Crippen LogP contribution in [0.1, 0.15) is 50.7 Å². The molecular formula is C30H34N3P2+. The Bertz CT molecular complexity index is 1320. The molecule has 178 valence electrons. The number of hydrogen-bond donors (Lipinski definition) is 2. The number of rotatable bonds is 8. The third-order valence-corrected chi connectivity index (χ3v) is 9.00. The SMILES string of the molecule is CCCC[N+]1(CCCC)Cc2c(P=N)cc3ccccc3c2-c2c(c(P=N)cc3ccccc23)C1. The van der Waals surface area contributed by atoms with Crippen LogP contribution in [-0.2, 0) is 13.1 Å². The molecule has 0 atom stereocenters. The molecule has 0 amide bonds. The zero-order valence-electron chi connectivity index (χ0n) is 20.8. The predicted octanol–water partition coefficient (Wildman–Crippen LogP) is 8.76. The Kier molecular flexibility index (Phi) is 7.12. The number of benzene rings is 4. The summed E-state index contributed by atoms with van der Waals surface area (Å²) in [6.45, 7) is 8.82. The molecule has 5 heteroatoms. The van der Waals surface area contributed by atoms with Gasteiger partial charge in [-0.2, -0.15) is 0 Å². The largest absolute Gasteiger partial charge is 0.316 e. The number of hydrogen-bond acceptors (Lipinski definition) is 2. The summed E-state index contributed by atoms with van der Waals surface area (Å²) < 4.78 is 1.03. The molecule has 1 heterocycles. The first-order valence-corrected chi connectivity index (χ1v) is 14.6. The maximum absolute atomic E-state index is 8.50. The Balaban J connectivity index is 1.96. The van der Waals surface area contributed by atoms with E-state index in [1.807, 2.05) is 0 Å². The van der Waals surface area contributed by atoms with Crippen molar-refractivity contribution >= 4 is 48.9 Å². The van der Waals surface area contributed by atoms with Crippen molar-refractivity contribution in [1.29, 1.82) is 10.3 Å². The van der Waals surface area contributed by atoms with Crippen LogP contribution in [0.15, 0.2) is 60.7 Å². The lowest BCUT2D eigenvalue weighted by molar-refractivity contribution is -0.953. The lowest BCUT2D eigenvalue weighted by atomic mass is 9.88. The normalized spacial score (nSPS) is 14.8. The fourth-order valence-corrected chi connectivity index (χ4v) is 7.03. The van der Waals surface area contributed by atoms with Crippen LogP contribution in [0.3, 0.4) is 0 Å². The van der Waals surface area contributed by atoms with Crippen LogP contribution in [0.4, 0.5) is 0 Å². The van der Waals surface area contributed by atoms with Crippen molar-refractivity contribution in [1.82, 2.24) is 0 Å². The lowest BCUT2D eigenvalue weighted by Crippen LogP contribution is -2.48. The Morgan fingerprint density at radius 2 is 1.11 bits per heavy atom. The molecule has 5 rings (SSSR count). The van der Waals surface area contributed by atoms with Gasteiger partial charge < -0.3 is 4.48 Å². The van der Waals surface area contributed by atoms with Gasteiger partial charge in [-0.05, 0) is 46.5 Å². The van der Waals surface area contributed by atoms with E-state index in [4.69, 9.17) is 10.3 Å². The summed E-state index contributed by atoms with van der Waals surface area (Å²) in [5, 5.41) is 24.3. The number of quaternary nitrogens is 1. The van der Waals surface area contributed by atoms with Crippen molar-refractivity contribution in [3.05, 3.63) is 71.8 Å². The van der Waals surface area contributed by atoms with E-state index in [0.29, 0.717) is 16.7 Å². The van der Waals surface area contributed by atoms with Gasteiger partial charge in [0.05, 0.1) is 13.1 Å². The molecule has 0 saturated carbocycles. The van der Waals surface area contributed by atoms with Crippen molar-refractivity contribution in [2.24, 2.45) is 0 Å². The van der Waals surface area contributed by atoms with E-state index in [1.165, 1.54) is 69.5 Å². The summed E-state index contributed by atoms with van der Waals surface area (Å²) in [5.41, 5.74) is 5.36. The molecule has 4 aromatic rings. The Hall–Kier alpha value is -2.44. The van der Waals surface area contributed by atoms with Crippen LogP contribution in [0.2, 0.25) is 0 Å². The van der Waals surface area contributed by atoms with Crippen molar-refractivity contribution in [3.8, 4) is 11.1 Å². The highest BCUT2D eigenvalue weighted by Crippen LogP contribution is 2.44. The zero-order chi connectivity index (χ0) is 24.4. The van der Waals surface area contributed by atoms with Crippen LogP contribution >= 0.6 is 16.7 Å². The maximum Gasteiger partial charge on any atom is 0.106 e. The molecule has 1 aliphatic heterocycles. The fraction of sp³-hybridized carbons (Fsp3) is 0.333. The minimum absolute atomic E-state index is 0.585. The fourth-order valence-electron chi connectivity index (χ4n) is 5.98. The molecule has 0 unspecified atom stereocenters. The highest BCUT2D eigenvalue weighted by Gasteiger charge is 2.36. The summed E-state index contributed by atoms with van der Waals surface area (Å²) in [4.78, 5) is 0. The number of unbranched alkanes of at least 4 members (excludes halogenated alkanes) is 2. The molecule has 0 aliphatic carbocycles. The quantitative estimate of drug-likeness (QED) is 0.180. The molecule has 0 saturated heterocycles. The first-order chi connectivity index (χ1) is 17.1. The second kappa shape index (κ2) is 10.3. The predicted molar refractivity (Wildman–Crippen MR) is 153 cm³/mol. The Morgan fingerprint density at radius 3 is 1.51 bits per heavy atom. The van der Waals surface area contributed by atoms with Gasteiger partial charge in [0.1, 0.15) is 13.1 Å². The minimum Gasteiger partial charge on any atom is -0.316 e. The lowest BCUT2D eigenvalue weighted by Gasteiger charge is -2.39. The van der Waals surface area contributed by atoms with Crippen molar-refractivity contribution in [2.75, 3.05) is 13.1 Å². The molecule has 3 nitrogen and oxygen atoms in total. The van der Waals surface area contributed by atoms with Gasteiger partial charge in [-0.1, -0.05) is 75.2 Å². The smallest absolute Gasteiger partial charge is 0.106 e. The number of nitrogens with one attached hydrogen (secondary N) is 2. The van der Waals surface area contributed by atoms with Gasteiger partial charge in [-0.25, -0.2) is 0 Å². The summed E-state index contributed by atoms with van der Waals surface area (Å²) in [5.74, 6) is 0. The van der Waals surface area contributed by atoms with Crippen molar-refractivity contribution in [3.63, 3.8) is 0 Å². The van der Waals surface area contributed by atoms with Gasteiger partial charge >= 0.3 is 0 Å². The van der Waals surface area contributed by atoms with Crippen LogP contribution in [0.25, 0.3) is 32.7 Å². The van der Waals surface area contributed by atoms with E-state index >= 15 is 0 Å². The Labute approximate surface area is 212 Å². The average molecular weight is 499 g/mol. The van der Waals surface area contributed by atoms with Crippen LogP contribution in [0, 0.1) is 10.3 Å². The van der Waals surface area contributed by atoms with Gasteiger partial charge in [0.15, 0.2) is 0 Å². The van der Waals surface area contributed by atoms with Crippen molar-refractivity contribution in [2.45, 2.75) is 52.6 Å². The van der Waals surface area contributed by atoms with E-state index in [1.54, 1.807) is 0 Å². The van der Waals surface area contributed by atoms with Gasteiger partial charge in [0, 0.05) is 49.6 Å². The molecule has 2 N–H and O–H groups in total. The standard InChI is InChI=1S/C30H34N3P2/c1-3-5-15-33(16-6-4-2)19-25-27(34-31)17-21-11-7-9-13-23(21)29(25)30-24-14-10-8-12-22(24)18-28(35-32)26(30)20-33/h7-14,17-18,31-32H,3-6,15-16,19-20H2,1-2H3/q+1. The van der Waals surface area contributed by atoms with Crippen molar-refractivity contribution < 1.29 is 4.48 Å². The van der Waals surface area contributed by atoms with Gasteiger partial charge in [0.25, 0.3) is 0 Å². The number of nitrogens with zero attached hydrogens (tertiary/aromatic N) is 1. The highest BCUT2D eigenvalue weighted by atomic mass is 31.1. The second-order valence-electron chi connectivity index (χ2n) is 9.98. The van der Waals surface area contributed by atoms with Gasteiger partial charge in [0.2, 0.25) is 0 Å². The summed E-state index contributed by atoms with van der Waals surface area (Å²) in [6.07, 6.45) is 4.79. The molecule has 0 bridgehead atoms. The topological polar surface area (TPSA) is 47.7 Å². The van der Waals surface area contributed by atoms with E-state index in [-0.39, 0.29) is 0 Å². The van der Waals surface area contributed by atoms with E-state index in [2.05, 4.69) is 74.5 Å². The average Bonchev–Trinajstić information content (AvgIpc) is 3.05. The third-order valence-electron chi connectivity index (χ3n) is 7.72. The Morgan fingerprint density at radius 1 is 0.686 bits per heavy atom. The summed E-state index contributed by atoms with van der Waals surface area (Å²) in [6, 6.07) is 22.0. The minimum atomic E-state index is 0.585. The molecule has 1 aliphatic rings. The van der Waals surface area contributed by atoms with Crippen LogP contribution < -0.4 is 10.6 Å². The molecule has 0 aromatic heterocycles. The maximum atomic E-state index is 8.50. The molecular weight excluding hydrogens is 464 g/mol. The molecule has 0 radical (unpaired) electrons. The monoisotopic (exact) mass is 498 g/mol. The summed E-state index contributed by atoms with van der Waals surface area (Å²) in [7, 11) is 1.17. The highest BCUT2D eigenvalue weighted by molar-refractivity contribution is 7.35. The second-order valence-corrected chi connectivity index (χ2v) is 11.4. The first kappa shape index (κ1) is 24.3. The molecule has 4 aromatic carbocycles. The molecule has 0 spiro atoms. The molecule has 0 fully saturated rings. The van der Waals surface area contributed by atoms with E-state index in [0.717, 1.165) is 41.3 Å². The van der Waals surface area contributed by atoms with E-state index in [9.17, 15) is 0 Å². The molecule has 35 heavy (non-hydrogen) atoms. The van der Waals surface area contributed by atoms with Crippen LogP contribution in [0.5, 0.6) is 0 Å². The number of fused-ring (bicyclic) bond motifs is 7. The first-order valence-electron chi connectivity index (χ1n) is 12.8. The van der Waals surface area contributed by atoms with E-state index < -0.39 is 0 Å².